The SMILES string of the molecule is CC(C)[C@H]1CCN(C(=O)[C@@H](NC(=O)N[C@H](CN2C(=O)CCCC2O)C(C)(C)C)C2CCCCC2)[C@@H]1C(=O)NC(CC1CC1)C(=O)C(N)=O. The standard InChI is InChI=1S/C35H58N6O7/c1-20(2)23-16-17-40(29(23)32(46)37-24(18-21-14-15-21)30(44)31(36)45)33(47)28(22-10-7-6-8-11-22)39-34(48)38-25(35(3,4)5)19-41-26(42)12-9-13-27(41)43/h20-26,28-29,42H,6-19H2,1-5H3,(H2,36,45)(H,37,46)(H2,38,39,48)/t23-,24?,25-,26?,28+,29+/m1/s1. The molecule has 2 aliphatic heterocycles. The summed E-state index contributed by atoms with van der Waals surface area (Å²) in [4.78, 5) is 82.4. The van der Waals surface area contributed by atoms with Crippen LogP contribution in [-0.2, 0) is 24.0 Å². The van der Waals surface area contributed by atoms with Gasteiger partial charge in [0, 0.05) is 19.5 Å². The average molecular weight is 675 g/mol. The number of nitrogens with two attached hydrogens (primary N) is 1. The molecule has 0 spiro atoms. The fraction of sp³-hybridized carbons (Fsp3) is 0.829. The minimum absolute atomic E-state index is 0.0528. The topological polar surface area (TPSA) is 191 Å². The number of Topliss-reactive ketones (excluding diaryl/α,β-unsaturated/α-hetero) is 1. The number of nitrogens with one attached hydrogen (secondary N) is 3. The van der Waals surface area contributed by atoms with E-state index in [4.69, 9.17) is 5.73 Å². The zero-order chi connectivity index (χ0) is 35.3. The number of hydrogen-bond donors (Lipinski definition) is 5. The molecule has 6 N–H and O–H groups in total. The monoisotopic (exact) mass is 674 g/mol. The minimum atomic E-state index is -1.10. The fourth-order valence-corrected chi connectivity index (χ4v) is 7.67. The molecule has 48 heavy (non-hydrogen) atoms. The van der Waals surface area contributed by atoms with Gasteiger partial charge in [0.1, 0.15) is 18.3 Å². The predicted octanol–water partition coefficient (Wildman–Crippen LogP) is 2.19. The third-order valence-corrected chi connectivity index (χ3v) is 10.9. The van der Waals surface area contributed by atoms with Gasteiger partial charge in [-0.25, -0.2) is 4.79 Å². The summed E-state index contributed by atoms with van der Waals surface area (Å²) in [6.45, 7) is 10.3. The molecule has 2 saturated heterocycles. The lowest BCUT2D eigenvalue weighted by atomic mass is 9.82. The van der Waals surface area contributed by atoms with E-state index in [1.54, 1.807) is 4.90 Å². The molecule has 6 amide bonds. The number of amides is 6. The molecule has 0 aromatic heterocycles. The van der Waals surface area contributed by atoms with Crippen molar-refractivity contribution in [2.75, 3.05) is 13.1 Å². The van der Waals surface area contributed by atoms with Crippen LogP contribution in [0, 0.1) is 29.1 Å². The number of rotatable bonds is 13. The Morgan fingerprint density at radius 3 is 2.15 bits per heavy atom. The van der Waals surface area contributed by atoms with Gasteiger partial charge in [-0.2, -0.15) is 0 Å². The van der Waals surface area contributed by atoms with Gasteiger partial charge >= 0.3 is 6.03 Å². The highest BCUT2D eigenvalue weighted by Gasteiger charge is 2.47. The summed E-state index contributed by atoms with van der Waals surface area (Å²) in [5, 5.41) is 19.3. The van der Waals surface area contributed by atoms with E-state index in [0.717, 1.165) is 44.9 Å². The Morgan fingerprint density at radius 1 is 0.917 bits per heavy atom. The van der Waals surface area contributed by atoms with Gasteiger partial charge < -0.3 is 36.6 Å². The zero-order valence-corrected chi connectivity index (χ0v) is 29.5. The quantitative estimate of drug-likeness (QED) is 0.185. The van der Waals surface area contributed by atoms with E-state index in [1.165, 1.54) is 4.90 Å². The number of hydrogen-bond acceptors (Lipinski definition) is 7. The number of ketones is 1. The van der Waals surface area contributed by atoms with Crippen LogP contribution >= 0.6 is 0 Å². The normalized spacial score (nSPS) is 25.7. The van der Waals surface area contributed by atoms with E-state index in [0.29, 0.717) is 38.6 Å². The Labute approximate surface area is 284 Å². The second kappa shape index (κ2) is 16.0. The van der Waals surface area contributed by atoms with Crippen LogP contribution in [0.5, 0.6) is 0 Å². The van der Waals surface area contributed by atoms with Crippen molar-refractivity contribution < 1.29 is 33.9 Å². The molecule has 6 atom stereocenters. The van der Waals surface area contributed by atoms with Gasteiger partial charge in [0.2, 0.25) is 23.5 Å². The summed E-state index contributed by atoms with van der Waals surface area (Å²) in [6.07, 6.45) is 7.69. The Hall–Kier alpha value is -3.22. The first-order valence-electron chi connectivity index (χ1n) is 18.1. The molecule has 2 saturated carbocycles. The fourth-order valence-electron chi connectivity index (χ4n) is 7.67. The van der Waals surface area contributed by atoms with Gasteiger partial charge in [0.15, 0.2) is 0 Å². The van der Waals surface area contributed by atoms with Crippen molar-refractivity contribution in [1.29, 1.82) is 0 Å². The van der Waals surface area contributed by atoms with Crippen LogP contribution in [0.2, 0.25) is 0 Å². The molecule has 0 aromatic carbocycles. The Kier molecular flexibility index (Phi) is 12.5. The van der Waals surface area contributed by atoms with E-state index in [1.807, 2.05) is 34.6 Å². The number of likely N-dealkylation sites (tertiary alicyclic amines) is 2. The van der Waals surface area contributed by atoms with Crippen molar-refractivity contribution in [1.82, 2.24) is 25.8 Å². The zero-order valence-electron chi connectivity index (χ0n) is 29.5. The molecule has 4 fully saturated rings. The van der Waals surface area contributed by atoms with Crippen molar-refractivity contribution in [3.8, 4) is 0 Å². The van der Waals surface area contributed by atoms with Crippen LogP contribution < -0.4 is 21.7 Å². The lowest BCUT2D eigenvalue weighted by Gasteiger charge is -2.40. The Morgan fingerprint density at radius 2 is 1.58 bits per heavy atom. The van der Waals surface area contributed by atoms with Crippen LogP contribution in [-0.4, -0.2) is 93.8 Å². The largest absolute Gasteiger partial charge is 0.374 e. The predicted molar refractivity (Wildman–Crippen MR) is 179 cm³/mol. The van der Waals surface area contributed by atoms with Gasteiger partial charge in [0.05, 0.1) is 12.1 Å². The highest BCUT2D eigenvalue weighted by atomic mass is 16.3. The molecular formula is C35H58N6O7. The molecule has 0 bridgehead atoms. The van der Waals surface area contributed by atoms with Gasteiger partial charge in [-0.15, -0.1) is 0 Å². The van der Waals surface area contributed by atoms with Crippen molar-refractivity contribution >= 4 is 35.4 Å². The number of nitrogens with zero attached hydrogens (tertiary/aromatic N) is 2. The first-order chi connectivity index (χ1) is 22.6. The summed E-state index contributed by atoms with van der Waals surface area (Å²) in [7, 11) is 0. The summed E-state index contributed by atoms with van der Waals surface area (Å²) in [6, 6.07) is -3.85. The Balaban J connectivity index is 1.55. The van der Waals surface area contributed by atoms with E-state index in [9.17, 15) is 33.9 Å². The lowest BCUT2D eigenvalue weighted by Crippen LogP contribution is -2.62. The molecule has 0 radical (unpaired) electrons. The molecule has 2 unspecified atom stereocenters. The van der Waals surface area contributed by atoms with E-state index in [-0.39, 0.29) is 42.0 Å². The number of carbonyl (C=O) groups excluding carboxylic acids is 6. The molecule has 13 nitrogen and oxygen atoms in total. The van der Waals surface area contributed by atoms with Crippen LogP contribution in [0.25, 0.3) is 0 Å². The average Bonchev–Trinajstić information content (AvgIpc) is 3.72. The molecule has 0 aromatic rings. The maximum absolute atomic E-state index is 14.5. The number of carbonyl (C=O) groups is 6. The molecular weight excluding hydrogens is 616 g/mol. The number of urea groups is 1. The van der Waals surface area contributed by atoms with Crippen LogP contribution in [0.15, 0.2) is 0 Å². The van der Waals surface area contributed by atoms with Gasteiger partial charge in [-0.1, -0.05) is 66.7 Å². The third-order valence-electron chi connectivity index (χ3n) is 10.9. The molecule has 270 valence electrons. The number of aliphatic hydroxyl groups excluding tert-OH is 1. The van der Waals surface area contributed by atoms with Crippen LogP contribution in [0.3, 0.4) is 0 Å². The highest BCUT2D eigenvalue weighted by Crippen LogP contribution is 2.36. The molecule has 2 aliphatic carbocycles. The summed E-state index contributed by atoms with van der Waals surface area (Å²) in [5.74, 6) is -2.92. The first-order valence-corrected chi connectivity index (χ1v) is 18.1. The first kappa shape index (κ1) is 37.6. The minimum Gasteiger partial charge on any atom is -0.374 e. The van der Waals surface area contributed by atoms with Crippen molar-refractivity contribution in [3.05, 3.63) is 0 Å². The number of primary amides is 1. The van der Waals surface area contributed by atoms with Crippen LogP contribution in [0.1, 0.15) is 112 Å². The van der Waals surface area contributed by atoms with Gasteiger partial charge in [-0.3, -0.25) is 24.0 Å². The van der Waals surface area contributed by atoms with Gasteiger partial charge in [-0.05, 0) is 67.6 Å². The van der Waals surface area contributed by atoms with Crippen molar-refractivity contribution in [3.63, 3.8) is 0 Å². The van der Waals surface area contributed by atoms with E-state index >= 15 is 0 Å². The smallest absolute Gasteiger partial charge is 0.315 e. The maximum atomic E-state index is 14.5. The third kappa shape index (κ3) is 9.47. The molecule has 4 aliphatic rings. The number of piperidine rings is 1. The van der Waals surface area contributed by atoms with E-state index < -0.39 is 59.4 Å². The van der Waals surface area contributed by atoms with Gasteiger partial charge in [0.25, 0.3) is 5.91 Å². The summed E-state index contributed by atoms with van der Waals surface area (Å²) in [5.41, 5.74) is 4.86. The molecule has 4 rings (SSSR count). The second-order valence-corrected chi connectivity index (χ2v) is 16.0. The summed E-state index contributed by atoms with van der Waals surface area (Å²) < 4.78 is 0. The van der Waals surface area contributed by atoms with Crippen LogP contribution in [0.4, 0.5) is 4.79 Å². The highest BCUT2D eigenvalue weighted by molar-refractivity contribution is 6.37. The summed E-state index contributed by atoms with van der Waals surface area (Å²) >= 11 is 0. The second-order valence-electron chi connectivity index (χ2n) is 16.0. The maximum Gasteiger partial charge on any atom is 0.315 e. The molecule has 2 heterocycles. The van der Waals surface area contributed by atoms with Crippen molar-refractivity contribution in [2.45, 2.75) is 142 Å². The van der Waals surface area contributed by atoms with E-state index in [2.05, 4.69) is 16.0 Å². The number of aliphatic hydroxyl groups is 1. The van der Waals surface area contributed by atoms with Crippen molar-refractivity contribution in [2.24, 2.45) is 34.8 Å². The lowest BCUT2D eigenvalue weighted by molar-refractivity contribution is -0.147. The molecule has 13 heteroatoms. The Bertz CT molecular complexity index is 1210.